The van der Waals surface area contributed by atoms with E-state index in [1.165, 1.54) is 13.1 Å². The molecule has 0 saturated carbocycles. The Morgan fingerprint density at radius 2 is 2.11 bits per heavy atom. The Labute approximate surface area is 105 Å². The molecule has 7 nitrogen and oxygen atoms in total. The molecule has 0 fully saturated rings. The molecule has 1 unspecified atom stereocenters. The van der Waals surface area contributed by atoms with Gasteiger partial charge in [-0.1, -0.05) is 6.92 Å². The number of carbonyl (C=O) groups is 2. The smallest absolute Gasteiger partial charge is 0.308 e. The lowest BCUT2D eigenvalue weighted by atomic mass is 10.1. The number of hydrogen-bond acceptors (Lipinski definition) is 5. The fourth-order valence-electron chi connectivity index (χ4n) is 1.31. The van der Waals surface area contributed by atoms with Crippen molar-refractivity contribution in [2.75, 3.05) is 18.9 Å². The number of aromatic nitrogens is 2. The van der Waals surface area contributed by atoms with Crippen molar-refractivity contribution in [3.63, 3.8) is 0 Å². The van der Waals surface area contributed by atoms with E-state index >= 15 is 0 Å². The summed E-state index contributed by atoms with van der Waals surface area (Å²) in [4.78, 5) is 22.0. The molecule has 0 aliphatic carbocycles. The summed E-state index contributed by atoms with van der Waals surface area (Å²) in [7, 11) is 1.51. The summed E-state index contributed by atoms with van der Waals surface area (Å²) in [5.74, 6) is -1.18. The second-order valence-corrected chi connectivity index (χ2v) is 3.71. The SMILES string of the molecule is CCC(CNc1ccc(C(=O)NC)nn1)C(=O)O. The van der Waals surface area contributed by atoms with E-state index in [1.807, 2.05) is 0 Å². The topological polar surface area (TPSA) is 104 Å². The van der Waals surface area contributed by atoms with Crippen LogP contribution in [0.15, 0.2) is 12.1 Å². The van der Waals surface area contributed by atoms with Gasteiger partial charge in [0, 0.05) is 13.6 Å². The Hall–Kier alpha value is -2.18. The van der Waals surface area contributed by atoms with E-state index in [0.717, 1.165) is 0 Å². The second-order valence-electron chi connectivity index (χ2n) is 3.71. The van der Waals surface area contributed by atoms with Gasteiger partial charge in [-0.25, -0.2) is 0 Å². The molecule has 0 aromatic carbocycles. The van der Waals surface area contributed by atoms with Crippen molar-refractivity contribution in [1.29, 1.82) is 0 Å². The zero-order valence-electron chi connectivity index (χ0n) is 10.3. The largest absolute Gasteiger partial charge is 0.481 e. The molecule has 0 saturated heterocycles. The Morgan fingerprint density at radius 3 is 2.56 bits per heavy atom. The highest BCUT2D eigenvalue weighted by atomic mass is 16.4. The highest BCUT2D eigenvalue weighted by molar-refractivity contribution is 5.91. The number of carbonyl (C=O) groups excluding carboxylic acids is 1. The van der Waals surface area contributed by atoms with Crippen molar-refractivity contribution < 1.29 is 14.7 Å². The van der Waals surface area contributed by atoms with Crippen LogP contribution in [0.25, 0.3) is 0 Å². The van der Waals surface area contributed by atoms with Gasteiger partial charge < -0.3 is 15.7 Å². The van der Waals surface area contributed by atoms with Crippen molar-refractivity contribution in [1.82, 2.24) is 15.5 Å². The molecule has 0 radical (unpaired) electrons. The molecule has 7 heteroatoms. The molecule has 98 valence electrons. The number of nitrogens with zero attached hydrogens (tertiary/aromatic N) is 2. The maximum absolute atomic E-state index is 11.2. The number of carboxylic acid groups (broad SMARTS) is 1. The molecule has 0 aliphatic heterocycles. The number of aliphatic carboxylic acids is 1. The second kappa shape index (κ2) is 6.53. The van der Waals surface area contributed by atoms with Gasteiger partial charge >= 0.3 is 5.97 Å². The highest BCUT2D eigenvalue weighted by Gasteiger charge is 2.14. The first-order valence-electron chi connectivity index (χ1n) is 5.61. The average Bonchev–Trinajstić information content (AvgIpc) is 2.39. The van der Waals surface area contributed by atoms with Gasteiger partial charge in [-0.05, 0) is 18.6 Å². The number of carboxylic acids is 1. The molecular formula is C11H16N4O3. The van der Waals surface area contributed by atoms with E-state index in [-0.39, 0.29) is 18.1 Å². The van der Waals surface area contributed by atoms with Gasteiger partial charge in [0.1, 0.15) is 5.82 Å². The third-order valence-electron chi connectivity index (χ3n) is 2.50. The summed E-state index contributed by atoms with van der Waals surface area (Å²) in [6, 6.07) is 3.11. The third kappa shape index (κ3) is 3.69. The van der Waals surface area contributed by atoms with Crippen LogP contribution in [0.1, 0.15) is 23.8 Å². The summed E-state index contributed by atoms with van der Waals surface area (Å²) in [5, 5.41) is 21.7. The van der Waals surface area contributed by atoms with E-state index in [2.05, 4.69) is 20.8 Å². The minimum absolute atomic E-state index is 0.216. The van der Waals surface area contributed by atoms with Gasteiger partial charge in [0.05, 0.1) is 5.92 Å². The Balaban J connectivity index is 2.58. The lowest BCUT2D eigenvalue weighted by molar-refractivity contribution is -0.141. The number of hydrogen-bond donors (Lipinski definition) is 3. The van der Waals surface area contributed by atoms with E-state index in [4.69, 9.17) is 5.11 Å². The van der Waals surface area contributed by atoms with E-state index in [9.17, 15) is 9.59 Å². The van der Waals surface area contributed by atoms with Gasteiger partial charge in [0.2, 0.25) is 0 Å². The van der Waals surface area contributed by atoms with Gasteiger partial charge in [-0.15, -0.1) is 10.2 Å². The Bertz CT molecular complexity index is 419. The van der Waals surface area contributed by atoms with Gasteiger partial charge in [-0.2, -0.15) is 0 Å². The first-order valence-corrected chi connectivity index (χ1v) is 5.61. The third-order valence-corrected chi connectivity index (χ3v) is 2.50. The molecule has 1 aromatic heterocycles. The van der Waals surface area contributed by atoms with Crippen LogP contribution >= 0.6 is 0 Å². The van der Waals surface area contributed by atoms with Crippen LogP contribution in [0.5, 0.6) is 0 Å². The van der Waals surface area contributed by atoms with E-state index in [0.29, 0.717) is 12.2 Å². The van der Waals surface area contributed by atoms with Gasteiger partial charge in [-0.3, -0.25) is 9.59 Å². The van der Waals surface area contributed by atoms with Crippen LogP contribution in [-0.2, 0) is 4.79 Å². The van der Waals surface area contributed by atoms with Crippen LogP contribution in [0.4, 0.5) is 5.82 Å². The predicted octanol–water partition coefficient (Wildman–Crippen LogP) is 0.359. The lowest BCUT2D eigenvalue weighted by Crippen LogP contribution is -2.23. The fraction of sp³-hybridized carbons (Fsp3) is 0.455. The average molecular weight is 252 g/mol. The Kier molecular flexibility index (Phi) is 5.04. The fourth-order valence-corrected chi connectivity index (χ4v) is 1.31. The van der Waals surface area contributed by atoms with Gasteiger partial charge in [0.15, 0.2) is 5.69 Å². The zero-order valence-corrected chi connectivity index (χ0v) is 10.3. The van der Waals surface area contributed by atoms with Gasteiger partial charge in [0.25, 0.3) is 5.91 Å². The van der Waals surface area contributed by atoms with E-state index < -0.39 is 11.9 Å². The summed E-state index contributed by atoms with van der Waals surface area (Å²) in [6.07, 6.45) is 0.534. The molecule has 1 heterocycles. The minimum Gasteiger partial charge on any atom is -0.481 e. The molecular weight excluding hydrogens is 236 g/mol. The van der Waals surface area contributed by atoms with Crippen molar-refractivity contribution in [3.05, 3.63) is 17.8 Å². The minimum atomic E-state index is -0.847. The molecule has 1 atom stereocenters. The summed E-state index contributed by atoms with van der Waals surface area (Å²) in [6.45, 7) is 2.08. The number of nitrogens with one attached hydrogen (secondary N) is 2. The lowest BCUT2D eigenvalue weighted by Gasteiger charge is -2.11. The van der Waals surface area contributed by atoms with Crippen LogP contribution in [0, 0.1) is 5.92 Å². The standard InChI is InChI=1S/C11H16N4O3/c1-3-7(11(17)18)6-13-9-5-4-8(14-15-9)10(16)12-2/h4-5,7H,3,6H2,1-2H3,(H,12,16)(H,13,15)(H,17,18). The van der Waals surface area contributed by atoms with Crippen LogP contribution in [0.2, 0.25) is 0 Å². The molecule has 1 aromatic rings. The molecule has 1 amide bonds. The summed E-state index contributed by atoms with van der Waals surface area (Å²) in [5.41, 5.74) is 0.216. The Morgan fingerprint density at radius 1 is 1.39 bits per heavy atom. The van der Waals surface area contributed by atoms with Crippen molar-refractivity contribution in [2.45, 2.75) is 13.3 Å². The van der Waals surface area contributed by atoms with Crippen molar-refractivity contribution in [2.24, 2.45) is 5.92 Å². The maximum Gasteiger partial charge on any atom is 0.308 e. The first kappa shape index (κ1) is 13.9. The summed E-state index contributed by atoms with van der Waals surface area (Å²) < 4.78 is 0. The summed E-state index contributed by atoms with van der Waals surface area (Å²) >= 11 is 0. The number of rotatable bonds is 6. The number of amides is 1. The number of anilines is 1. The van der Waals surface area contributed by atoms with Crippen LogP contribution in [-0.4, -0.2) is 40.8 Å². The van der Waals surface area contributed by atoms with Crippen molar-refractivity contribution in [3.8, 4) is 0 Å². The van der Waals surface area contributed by atoms with Crippen molar-refractivity contribution >= 4 is 17.7 Å². The maximum atomic E-state index is 11.2. The molecule has 0 spiro atoms. The zero-order chi connectivity index (χ0) is 13.5. The monoisotopic (exact) mass is 252 g/mol. The van der Waals surface area contributed by atoms with E-state index in [1.54, 1.807) is 13.0 Å². The van der Waals surface area contributed by atoms with Crippen LogP contribution < -0.4 is 10.6 Å². The molecule has 3 N–H and O–H groups in total. The molecule has 0 bridgehead atoms. The predicted molar refractivity (Wildman–Crippen MR) is 65.3 cm³/mol. The first-order chi connectivity index (χ1) is 8.58. The van der Waals surface area contributed by atoms with Crippen LogP contribution in [0.3, 0.4) is 0 Å². The molecule has 0 aliphatic rings. The quantitative estimate of drug-likeness (QED) is 0.675. The molecule has 1 rings (SSSR count). The molecule has 18 heavy (non-hydrogen) atoms. The highest BCUT2D eigenvalue weighted by Crippen LogP contribution is 2.06. The normalized spacial score (nSPS) is 11.7.